The topological polar surface area (TPSA) is 45.2 Å². The molecule has 1 saturated heterocycles. The number of nitrogens with zero attached hydrogens (tertiary/aromatic N) is 2. The minimum atomic E-state index is -0.158. The van der Waals surface area contributed by atoms with Gasteiger partial charge < -0.3 is 10.2 Å². The third-order valence-corrected chi connectivity index (χ3v) is 5.23. The number of aryl methyl sites for hydroxylation is 2. The van der Waals surface area contributed by atoms with Crippen LogP contribution in [0, 0.1) is 6.92 Å². The van der Waals surface area contributed by atoms with E-state index >= 15 is 0 Å². The summed E-state index contributed by atoms with van der Waals surface area (Å²) in [6.45, 7) is 3.66. The fourth-order valence-electron chi connectivity index (χ4n) is 3.01. The van der Waals surface area contributed by atoms with Crippen LogP contribution in [-0.2, 0) is 11.2 Å². The summed E-state index contributed by atoms with van der Waals surface area (Å²) in [6.07, 6.45) is 4.62. The normalized spacial score (nSPS) is 17.3. The number of carbonyl (C=O) groups is 1. The van der Waals surface area contributed by atoms with Crippen molar-refractivity contribution < 1.29 is 4.79 Å². The fraction of sp³-hybridized carbons (Fsp3) is 0.368. The molecule has 1 atom stereocenters. The van der Waals surface area contributed by atoms with Gasteiger partial charge in [0.15, 0.2) is 0 Å². The van der Waals surface area contributed by atoms with E-state index in [-0.39, 0.29) is 11.9 Å². The molecule has 1 aliphatic rings. The number of pyridine rings is 1. The maximum Gasteiger partial charge on any atom is 0.245 e. The molecule has 0 saturated carbocycles. The Morgan fingerprint density at radius 2 is 2.12 bits per heavy atom. The maximum absolute atomic E-state index is 12.5. The lowest BCUT2D eigenvalue weighted by Crippen LogP contribution is -2.34. The quantitative estimate of drug-likeness (QED) is 0.819. The molecule has 3 rings (SSSR count). The summed E-state index contributed by atoms with van der Waals surface area (Å²) in [5, 5.41) is 3.27. The first-order chi connectivity index (χ1) is 11.6. The Labute approximate surface area is 151 Å². The van der Waals surface area contributed by atoms with Crippen molar-refractivity contribution in [1.29, 1.82) is 0 Å². The van der Waals surface area contributed by atoms with Gasteiger partial charge >= 0.3 is 0 Å². The molecule has 0 aliphatic carbocycles. The molecule has 1 unspecified atom stereocenters. The van der Waals surface area contributed by atoms with Gasteiger partial charge in [0.2, 0.25) is 5.91 Å². The summed E-state index contributed by atoms with van der Waals surface area (Å²) in [5.41, 5.74) is 2.44. The first kappa shape index (κ1) is 17.0. The van der Waals surface area contributed by atoms with E-state index in [2.05, 4.69) is 50.5 Å². The standard InChI is InChI=1S/C19H22BrN3O/c1-14-12-18(21-13-16(14)20)22-17-9-11-23(19(17)24)10-5-8-15-6-3-2-4-7-15/h2-4,6-7,12-13,17H,5,8-11H2,1H3,(H,21,22). The first-order valence-corrected chi connectivity index (χ1v) is 9.14. The molecule has 1 amide bonds. The van der Waals surface area contributed by atoms with Gasteiger partial charge in [-0.15, -0.1) is 0 Å². The van der Waals surface area contributed by atoms with Gasteiger partial charge in [-0.25, -0.2) is 4.98 Å². The van der Waals surface area contributed by atoms with Crippen molar-refractivity contribution in [3.8, 4) is 0 Å². The van der Waals surface area contributed by atoms with Crippen molar-refractivity contribution in [1.82, 2.24) is 9.88 Å². The number of halogens is 1. The second kappa shape index (κ2) is 7.79. The van der Waals surface area contributed by atoms with Crippen LogP contribution in [0.15, 0.2) is 47.1 Å². The number of carbonyl (C=O) groups excluding carboxylic acids is 1. The summed E-state index contributed by atoms with van der Waals surface area (Å²) in [6, 6.07) is 12.2. The SMILES string of the molecule is Cc1cc(NC2CCN(CCCc3ccccc3)C2=O)ncc1Br. The zero-order chi connectivity index (χ0) is 16.9. The molecule has 0 bridgehead atoms. The van der Waals surface area contributed by atoms with Gasteiger partial charge in [0.25, 0.3) is 0 Å². The van der Waals surface area contributed by atoms with Gasteiger partial charge in [-0.05, 0) is 59.3 Å². The number of benzene rings is 1. The van der Waals surface area contributed by atoms with Crippen LogP contribution in [-0.4, -0.2) is 34.9 Å². The van der Waals surface area contributed by atoms with Crippen LogP contribution in [0.4, 0.5) is 5.82 Å². The van der Waals surface area contributed by atoms with E-state index < -0.39 is 0 Å². The van der Waals surface area contributed by atoms with Crippen molar-refractivity contribution in [2.75, 3.05) is 18.4 Å². The smallest absolute Gasteiger partial charge is 0.245 e. The van der Waals surface area contributed by atoms with Crippen LogP contribution in [0.1, 0.15) is 24.0 Å². The second-order valence-corrected chi connectivity index (χ2v) is 7.07. The summed E-state index contributed by atoms with van der Waals surface area (Å²) in [5.74, 6) is 0.950. The van der Waals surface area contributed by atoms with Gasteiger partial charge in [-0.2, -0.15) is 0 Å². The molecule has 5 heteroatoms. The zero-order valence-electron chi connectivity index (χ0n) is 13.8. The van der Waals surface area contributed by atoms with Crippen molar-refractivity contribution in [3.05, 3.63) is 58.2 Å². The number of anilines is 1. The maximum atomic E-state index is 12.5. The van der Waals surface area contributed by atoms with E-state index in [1.807, 2.05) is 24.0 Å². The highest BCUT2D eigenvalue weighted by Crippen LogP contribution is 2.20. The average molecular weight is 388 g/mol. The first-order valence-electron chi connectivity index (χ1n) is 8.35. The van der Waals surface area contributed by atoms with Crippen molar-refractivity contribution in [3.63, 3.8) is 0 Å². The van der Waals surface area contributed by atoms with Crippen LogP contribution in [0.25, 0.3) is 0 Å². The molecule has 1 aromatic heterocycles. The van der Waals surface area contributed by atoms with Gasteiger partial charge in [0.1, 0.15) is 11.9 Å². The molecule has 1 aliphatic heterocycles. The minimum Gasteiger partial charge on any atom is -0.358 e. The van der Waals surface area contributed by atoms with E-state index in [4.69, 9.17) is 0 Å². The molecular formula is C19H22BrN3O. The van der Waals surface area contributed by atoms with Crippen molar-refractivity contribution in [2.45, 2.75) is 32.2 Å². The number of rotatable bonds is 6. The van der Waals surface area contributed by atoms with Crippen LogP contribution in [0.5, 0.6) is 0 Å². The van der Waals surface area contributed by atoms with E-state index in [1.54, 1.807) is 6.20 Å². The number of hydrogen-bond acceptors (Lipinski definition) is 3. The highest BCUT2D eigenvalue weighted by Gasteiger charge is 2.31. The molecule has 1 fully saturated rings. The minimum absolute atomic E-state index is 0.158. The number of nitrogens with one attached hydrogen (secondary N) is 1. The van der Waals surface area contributed by atoms with Gasteiger partial charge in [0, 0.05) is 23.8 Å². The molecular weight excluding hydrogens is 366 g/mol. The predicted molar refractivity (Wildman–Crippen MR) is 100 cm³/mol. The third-order valence-electron chi connectivity index (χ3n) is 4.40. The summed E-state index contributed by atoms with van der Waals surface area (Å²) >= 11 is 3.45. The largest absolute Gasteiger partial charge is 0.358 e. The fourth-order valence-corrected chi connectivity index (χ4v) is 3.23. The van der Waals surface area contributed by atoms with Crippen molar-refractivity contribution >= 4 is 27.7 Å². The third kappa shape index (κ3) is 4.15. The zero-order valence-corrected chi connectivity index (χ0v) is 15.4. The van der Waals surface area contributed by atoms with Crippen molar-refractivity contribution in [2.24, 2.45) is 0 Å². The van der Waals surface area contributed by atoms with Crippen LogP contribution in [0.3, 0.4) is 0 Å². The molecule has 1 aromatic carbocycles. The van der Waals surface area contributed by atoms with E-state index in [9.17, 15) is 4.79 Å². The average Bonchev–Trinajstić information content (AvgIpc) is 2.93. The Balaban J connectivity index is 1.50. The molecule has 4 nitrogen and oxygen atoms in total. The van der Waals surface area contributed by atoms with Gasteiger partial charge in [-0.3, -0.25) is 4.79 Å². The van der Waals surface area contributed by atoms with Gasteiger partial charge in [-0.1, -0.05) is 30.3 Å². The summed E-state index contributed by atoms with van der Waals surface area (Å²) in [4.78, 5) is 18.8. The molecule has 2 heterocycles. The lowest BCUT2D eigenvalue weighted by molar-refractivity contribution is -0.128. The monoisotopic (exact) mass is 387 g/mol. The Hall–Kier alpha value is -1.88. The number of aromatic nitrogens is 1. The Bertz CT molecular complexity index is 705. The molecule has 2 aromatic rings. The number of amides is 1. The summed E-state index contributed by atoms with van der Waals surface area (Å²) in [7, 11) is 0. The van der Waals surface area contributed by atoms with Crippen LogP contribution >= 0.6 is 15.9 Å². The van der Waals surface area contributed by atoms with Crippen LogP contribution < -0.4 is 5.32 Å². The number of hydrogen-bond donors (Lipinski definition) is 1. The Kier molecular flexibility index (Phi) is 5.51. The highest BCUT2D eigenvalue weighted by molar-refractivity contribution is 9.10. The lowest BCUT2D eigenvalue weighted by atomic mass is 10.1. The predicted octanol–water partition coefficient (Wildman–Crippen LogP) is 3.80. The summed E-state index contributed by atoms with van der Waals surface area (Å²) < 4.78 is 0.980. The van der Waals surface area contributed by atoms with Gasteiger partial charge in [0.05, 0.1) is 0 Å². The van der Waals surface area contributed by atoms with Crippen LogP contribution in [0.2, 0.25) is 0 Å². The van der Waals surface area contributed by atoms with E-state index in [0.717, 1.165) is 48.2 Å². The lowest BCUT2D eigenvalue weighted by Gasteiger charge is -2.17. The molecule has 126 valence electrons. The molecule has 24 heavy (non-hydrogen) atoms. The Morgan fingerprint density at radius 1 is 1.33 bits per heavy atom. The molecule has 0 spiro atoms. The van der Waals surface area contributed by atoms with E-state index in [1.165, 1.54) is 5.56 Å². The Morgan fingerprint density at radius 3 is 2.88 bits per heavy atom. The second-order valence-electron chi connectivity index (χ2n) is 6.22. The highest BCUT2D eigenvalue weighted by atomic mass is 79.9. The number of likely N-dealkylation sites (tertiary alicyclic amines) is 1. The molecule has 1 N–H and O–H groups in total. The molecule has 0 radical (unpaired) electrons. The van der Waals surface area contributed by atoms with E-state index in [0.29, 0.717) is 0 Å².